The van der Waals surface area contributed by atoms with Gasteiger partial charge in [0, 0.05) is 13.1 Å². The van der Waals surface area contributed by atoms with Crippen molar-refractivity contribution < 1.29 is 0 Å². The van der Waals surface area contributed by atoms with Crippen molar-refractivity contribution in [2.24, 2.45) is 0 Å². The maximum atomic E-state index is 2.66. The molecule has 0 aliphatic rings. The highest BCUT2D eigenvalue weighted by molar-refractivity contribution is 5.65. The van der Waals surface area contributed by atoms with Gasteiger partial charge in [-0.25, -0.2) is 0 Å². The van der Waals surface area contributed by atoms with Crippen LogP contribution in [0, 0.1) is 0 Å². The molecule has 2 aromatic rings. The molecule has 0 spiro atoms. The third kappa shape index (κ3) is 12.5. The molecular formula is C34H56N2. The Bertz CT molecular complexity index is 732. The van der Waals surface area contributed by atoms with Gasteiger partial charge in [0.05, 0.1) is 0 Å². The van der Waals surface area contributed by atoms with Gasteiger partial charge in [0.1, 0.15) is 0 Å². The fourth-order valence-corrected chi connectivity index (χ4v) is 5.27. The molecule has 0 bridgehead atoms. The van der Waals surface area contributed by atoms with E-state index in [0.29, 0.717) is 0 Å². The largest absolute Gasteiger partial charge is 0.299 e. The van der Waals surface area contributed by atoms with E-state index in [-0.39, 0.29) is 0 Å². The van der Waals surface area contributed by atoms with Crippen LogP contribution in [0.2, 0.25) is 0 Å². The van der Waals surface area contributed by atoms with Gasteiger partial charge in [0.25, 0.3) is 0 Å². The fraction of sp³-hybridized carbons (Fsp3) is 0.647. The molecule has 0 saturated carbocycles. The summed E-state index contributed by atoms with van der Waals surface area (Å²) in [5, 5.41) is 0. The minimum absolute atomic E-state index is 1.07. The van der Waals surface area contributed by atoms with Gasteiger partial charge in [-0.15, -0.1) is 0 Å². The van der Waals surface area contributed by atoms with E-state index in [1.807, 2.05) is 0 Å². The van der Waals surface area contributed by atoms with Crippen molar-refractivity contribution >= 4 is 0 Å². The average molecular weight is 493 g/mol. The summed E-state index contributed by atoms with van der Waals surface area (Å²) < 4.78 is 0. The lowest BCUT2D eigenvalue weighted by Gasteiger charge is -2.23. The molecular weight excluding hydrogens is 436 g/mol. The molecule has 2 aromatic carbocycles. The zero-order valence-electron chi connectivity index (χ0n) is 24.2. The molecule has 0 aromatic heterocycles. The third-order valence-corrected chi connectivity index (χ3v) is 7.24. The molecule has 0 fully saturated rings. The molecule has 0 aliphatic heterocycles. The highest BCUT2D eigenvalue weighted by Gasteiger charge is 2.09. The van der Waals surface area contributed by atoms with Crippen LogP contribution in [0.4, 0.5) is 0 Å². The van der Waals surface area contributed by atoms with Crippen LogP contribution in [0.1, 0.15) is 116 Å². The van der Waals surface area contributed by atoms with Crippen LogP contribution in [0.3, 0.4) is 0 Å². The molecule has 0 saturated heterocycles. The van der Waals surface area contributed by atoms with Crippen LogP contribution in [0.25, 0.3) is 11.1 Å². The predicted octanol–water partition coefficient (Wildman–Crippen LogP) is 9.72. The van der Waals surface area contributed by atoms with Crippen molar-refractivity contribution in [1.29, 1.82) is 0 Å². The van der Waals surface area contributed by atoms with Gasteiger partial charge in [0.2, 0.25) is 0 Å². The molecule has 202 valence electrons. The van der Waals surface area contributed by atoms with Gasteiger partial charge in [0.15, 0.2) is 0 Å². The summed E-state index contributed by atoms with van der Waals surface area (Å²) in [7, 11) is 0. The van der Waals surface area contributed by atoms with Crippen LogP contribution >= 0.6 is 0 Å². The summed E-state index contributed by atoms with van der Waals surface area (Å²) in [4.78, 5) is 5.31. The number of rotatable bonds is 21. The Kier molecular flexibility index (Phi) is 16.5. The lowest BCUT2D eigenvalue weighted by molar-refractivity contribution is 0.259. The molecule has 0 amide bonds. The summed E-state index contributed by atoms with van der Waals surface area (Å²) in [5.74, 6) is 0. The summed E-state index contributed by atoms with van der Waals surface area (Å²) in [6.45, 7) is 16.2. The van der Waals surface area contributed by atoms with Crippen molar-refractivity contribution in [2.75, 3.05) is 26.2 Å². The summed E-state index contributed by atoms with van der Waals surface area (Å²) >= 11 is 0. The highest BCUT2D eigenvalue weighted by Crippen LogP contribution is 2.23. The van der Waals surface area contributed by atoms with E-state index < -0.39 is 0 Å². The highest BCUT2D eigenvalue weighted by atomic mass is 15.1. The van der Waals surface area contributed by atoms with Crippen LogP contribution in [0.15, 0.2) is 48.5 Å². The SMILES string of the molecule is CCCCCCCN(CCC)Cc1cccc(-c2cccc(CN(CCC)CCCCCCC)c2)c1. The molecule has 0 atom stereocenters. The number of unbranched alkanes of at least 4 members (excludes halogenated alkanes) is 8. The molecule has 2 rings (SSSR count). The molecule has 0 aliphatic carbocycles. The van der Waals surface area contributed by atoms with E-state index in [4.69, 9.17) is 0 Å². The number of benzene rings is 2. The Morgan fingerprint density at radius 1 is 0.444 bits per heavy atom. The maximum absolute atomic E-state index is 2.66. The van der Waals surface area contributed by atoms with Crippen LogP contribution in [-0.2, 0) is 13.1 Å². The lowest BCUT2D eigenvalue weighted by atomic mass is 10.0. The van der Waals surface area contributed by atoms with Gasteiger partial charge in [-0.05, 0) is 86.2 Å². The van der Waals surface area contributed by atoms with Crippen LogP contribution < -0.4 is 0 Å². The smallest absolute Gasteiger partial charge is 0.0233 e. The monoisotopic (exact) mass is 492 g/mol. The second-order valence-electron chi connectivity index (χ2n) is 10.8. The zero-order chi connectivity index (χ0) is 25.8. The normalized spacial score (nSPS) is 11.6. The van der Waals surface area contributed by atoms with Gasteiger partial charge in [-0.1, -0.05) is 115 Å². The lowest BCUT2D eigenvalue weighted by Crippen LogP contribution is -2.25. The van der Waals surface area contributed by atoms with Gasteiger partial charge in [-0.3, -0.25) is 9.80 Å². The van der Waals surface area contributed by atoms with Crippen molar-refractivity contribution in [2.45, 2.75) is 118 Å². The Morgan fingerprint density at radius 2 is 0.861 bits per heavy atom. The van der Waals surface area contributed by atoms with Crippen molar-refractivity contribution in [1.82, 2.24) is 9.80 Å². The van der Waals surface area contributed by atoms with E-state index >= 15 is 0 Å². The van der Waals surface area contributed by atoms with E-state index in [1.165, 1.54) is 125 Å². The van der Waals surface area contributed by atoms with Crippen LogP contribution in [0.5, 0.6) is 0 Å². The quantitative estimate of drug-likeness (QED) is 0.160. The Morgan fingerprint density at radius 3 is 1.25 bits per heavy atom. The van der Waals surface area contributed by atoms with Crippen molar-refractivity contribution in [3.05, 3.63) is 59.7 Å². The van der Waals surface area contributed by atoms with E-state index in [9.17, 15) is 0 Å². The van der Waals surface area contributed by atoms with Gasteiger partial charge < -0.3 is 0 Å². The topological polar surface area (TPSA) is 6.48 Å². The molecule has 0 radical (unpaired) electrons. The van der Waals surface area contributed by atoms with Crippen LogP contribution in [-0.4, -0.2) is 36.0 Å². The molecule has 2 nitrogen and oxygen atoms in total. The zero-order valence-corrected chi connectivity index (χ0v) is 24.2. The molecule has 0 unspecified atom stereocenters. The minimum Gasteiger partial charge on any atom is -0.299 e. The molecule has 0 heterocycles. The summed E-state index contributed by atoms with van der Waals surface area (Å²) in [6.07, 6.45) is 16.0. The predicted molar refractivity (Wildman–Crippen MR) is 161 cm³/mol. The third-order valence-electron chi connectivity index (χ3n) is 7.24. The van der Waals surface area contributed by atoms with Crippen molar-refractivity contribution in [3.63, 3.8) is 0 Å². The van der Waals surface area contributed by atoms with Crippen molar-refractivity contribution in [3.8, 4) is 11.1 Å². The maximum Gasteiger partial charge on any atom is 0.0233 e. The second-order valence-corrected chi connectivity index (χ2v) is 10.8. The molecule has 0 N–H and O–H groups in total. The Balaban J connectivity index is 1.99. The first kappa shape index (κ1) is 30.6. The number of hydrogen-bond donors (Lipinski definition) is 0. The molecule has 2 heteroatoms. The minimum atomic E-state index is 1.07. The average Bonchev–Trinajstić information content (AvgIpc) is 2.89. The summed E-state index contributed by atoms with van der Waals surface area (Å²) in [6, 6.07) is 18.6. The van der Waals surface area contributed by atoms with Gasteiger partial charge >= 0.3 is 0 Å². The Hall–Kier alpha value is -1.64. The fourth-order valence-electron chi connectivity index (χ4n) is 5.27. The second kappa shape index (κ2) is 19.5. The Labute approximate surface area is 224 Å². The first-order valence-electron chi connectivity index (χ1n) is 15.3. The van der Waals surface area contributed by atoms with E-state index in [1.54, 1.807) is 0 Å². The number of nitrogens with zero attached hydrogens (tertiary/aromatic N) is 2. The van der Waals surface area contributed by atoms with E-state index in [0.717, 1.165) is 13.1 Å². The van der Waals surface area contributed by atoms with E-state index in [2.05, 4.69) is 86.0 Å². The number of hydrogen-bond acceptors (Lipinski definition) is 2. The standard InChI is InChI=1S/C34H56N2/c1-5-9-11-13-15-25-35(23-7-3)29-31-19-17-21-33(27-31)34-22-18-20-32(28-34)30-36(24-8-4)26-16-14-12-10-6-2/h17-22,27-28H,5-16,23-26,29-30H2,1-4H3. The summed E-state index contributed by atoms with van der Waals surface area (Å²) in [5.41, 5.74) is 5.60. The first-order valence-corrected chi connectivity index (χ1v) is 15.3. The first-order chi connectivity index (χ1) is 17.7. The molecule has 36 heavy (non-hydrogen) atoms. The van der Waals surface area contributed by atoms with Gasteiger partial charge in [-0.2, -0.15) is 0 Å².